The lowest BCUT2D eigenvalue weighted by molar-refractivity contribution is 0.198. The fourth-order valence-electron chi connectivity index (χ4n) is 3.28. The van der Waals surface area contributed by atoms with Gasteiger partial charge in [0, 0.05) is 0 Å². The maximum atomic E-state index is 9.48. The highest BCUT2D eigenvalue weighted by Gasteiger charge is 2.24. The molecular weight excluding hydrogens is 208 g/mol. The van der Waals surface area contributed by atoms with E-state index in [4.69, 9.17) is 0 Å². The quantitative estimate of drug-likeness (QED) is 0.795. The van der Waals surface area contributed by atoms with Crippen molar-refractivity contribution in [3.05, 3.63) is 29.8 Å². The van der Waals surface area contributed by atoms with Gasteiger partial charge in [-0.15, -0.1) is 0 Å². The average Bonchev–Trinajstić information content (AvgIpc) is 2.15. The Morgan fingerprint density at radius 1 is 1.00 bits per heavy atom. The minimum Gasteiger partial charge on any atom is -0.508 e. The maximum absolute atomic E-state index is 9.48. The second kappa shape index (κ2) is 6.09. The van der Waals surface area contributed by atoms with Crippen LogP contribution in [-0.2, 0) is 6.42 Å². The summed E-state index contributed by atoms with van der Waals surface area (Å²) in [7, 11) is 0. The standard InChI is InChI=1S/C16H26O/c1-11(2)16(12(3)4)13(5)9-14-7-6-8-15(17)10-14/h6-8,10-13,16-17H,9H2,1-5H3. The van der Waals surface area contributed by atoms with Crippen LogP contribution in [0.15, 0.2) is 24.3 Å². The van der Waals surface area contributed by atoms with E-state index >= 15 is 0 Å². The molecule has 1 aromatic rings. The van der Waals surface area contributed by atoms with Gasteiger partial charge in [0.05, 0.1) is 0 Å². The molecule has 96 valence electrons. The molecule has 1 unspecified atom stereocenters. The molecule has 0 aliphatic carbocycles. The molecular formula is C16H26O. The Balaban J connectivity index is 2.73. The highest BCUT2D eigenvalue weighted by molar-refractivity contribution is 5.27. The SMILES string of the molecule is CC(C)C(C(C)C)C(C)Cc1cccc(O)c1. The molecule has 0 aromatic heterocycles. The Hall–Kier alpha value is -0.980. The number of hydrogen-bond donors (Lipinski definition) is 1. The van der Waals surface area contributed by atoms with Gasteiger partial charge in [-0.05, 0) is 47.8 Å². The van der Waals surface area contributed by atoms with Gasteiger partial charge in [-0.25, -0.2) is 0 Å². The molecule has 17 heavy (non-hydrogen) atoms. The number of hydrogen-bond acceptors (Lipinski definition) is 1. The molecule has 0 spiro atoms. The van der Waals surface area contributed by atoms with Crippen LogP contribution < -0.4 is 0 Å². The molecule has 0 bridgehead atoms. The summed E-state index contributed by atoms with van der Waals surface area (Å²) in [6, 6.07) is 7.65. The Bertz CT molecular complexity index is 333. The van der Waals surface area contributed by atoms with Gasteiger partial charge >= 0.3 is 0 Å². The fraction of sp³-hybridized carbons (Fsp3) is 0.625. The van der Waals surface area contributed by atoms with E-state index in [1.165, 1.54) is 5.56 Å². The topological polar surface area (TPSA) is 20.2 Å². The molecule has 0 saturated carbocycles. The first-order valence-corrected chi connectivity index (χ1v) is 6.69. The van der Waals surface area contributed by atoms with Crippen LogP contribution in [0.3, 0.4) is 0 Å². The highest BCUT2D eigenvalue weighted by atomic mass is 16.3. The van der Waals surface area contributed by atoms with Crippen molar-refractivity contribution in [1.82, 2.24) is 0 Å². The third kappa shape index (κ3) is 4.07. The molecule has 0 amide bonds. The second-order valence-corrected chi connectivity index (χ2v) is 5.92. The van der Waals surface area contributed by atoms with Gasteiger partial charge in [-0.1, -0.05) is 46.8 Å². The fourth-order valence-corrected chi connectivity index (χ4v) is 3.28. The third-order valence-corrected chi connectivity index (χ3v) is 3.66. The van der Waals surface area contributed by atoms with Gasteiger partial charge in [0.2, 0.25) is 0 Å². The highest BCUT2D eigenvalue weighted by Crippen LogP contribution is 2.31. The first-order valence-electron chi connectivity index (χ1n) is 6.69. The zero-order valence-corrected chi connectivity index (χ0v) is 11.8. The lowest BCUT2D eigenvalue weighted by Crippen LogP contribution is -2.24. The monoisotopic (exact) mass is 234 g/mol. The molecule has 0 aliphatic heterocycles. The molecule has 0 saturated heterocycles. The lowest BCUT2D eigenvalue weighted by atomic mass is 9.74. The van der Waals surface area contributed by atoms with Gasteiger partial charge < -0.3 is 5.11 Å². The van der Waals surface area contributed by atoms with Gasteiger partial charge in [0.15, 0.2) is 0 Å². The molecule has 1 N–H and O–H groups in total. The van der Waals surface area contributed by atoms with E-state index in [0.717, 1.165) is 12.3 Å². The minimum atomic E-state index is 0.375. The summed E-state index contributed by atoms with van der Waals surface area (Å²) < 4.78 is 0. The van der Waals surface area contributed by atoms with Crippen LogP contribution >= 0.6 is 0 Å². The van der Waals surface area contributed by atoms with E-state index in [2.05, 4.69) is 40.7 Å². The van der Waals surface area contributed by atoms with Crippen LogP contribution in [-0.4, -0.2) is 5.11 Å². The zero-order valence-electron chi connectivity index (χ0n) is 11.8. The van der Waals surface area contributed by atoms with E-state index in [1.54, 1.807) is 6.07 Å². The van der Waals surface area contributed by atoms with Crippen molar-refractivity contribution >= 4 is 0 Å². The largest absolute Gasteiger partial charge is 0.508 e. The van der Waals surface area contributed by atoms with Crippen LogP contribution in [0.2, 0.25) is 0 Å². The summed E-state index contributed by atoms with van der Waals surface area (Å²) in [4.78, 5) is 0. The third-order valence-electron chi connectivity index (χ3n) is 3.66. The van der Waals surface area contributed by atoms with E-state index in [1.807, 2.05) is 12.1 Å². The van der Waals surface area contributed by atoms with Crippen LogP contribution in [0.25, 0.3) is 0 Å². The smallest absolute Gasteiger partial charge is 0.115 e. The van der Waals surface area contributed by atoms with E-state index in [0.29, 0.717) is 23.5 Å². The summed E-state index contributed by atoms with van der Waals surface area (Å²) in [5.74, 6) is 3.18. The number of rotatable bonds is 5. The number of benzene rings is 1. The molecule has 0 aliphatic rings. The summed E-state index contributed by atoms with van der Waals surface area (Å²) >= 11 is 0. The van der Waals surface area contributed by atoms with Gasteiger partial charge in [0.25, 0.3) is 0 Å². The Morgan fingerprint density at radius 3 is 2.06 bits per heavy atom. The summed E-state index contributed by atoms with van der Waals surface area (Å²) in [6.45, 7) is 11.6. The van der Waals surface area contributed by atoms with E-state index in [9.17, 15) is 5.11 Å². The summed E-state index contributed by atoms with van der Waals surface area (Å²) in [5.41, 5.74) is 1.24. The number of phenols is 1. The van der Waals surface area contributed by atoms with E-state index < -0.39 is 0 Å². The van der Waals surface area contributed by atoms with Gasteiger partial charge in [0.1, 0.15) is 5.75 Å². The maximum Gasteiger partial charge on any atom is 0.115 e. The molecule has 1 rings (SSSR count). The predicted octanol–water partition coefficient (Wildman–Crippen LogP) is 4.50. The van der Waals surface area contributed by atoms with Crippen molar-refractivity contribution in [3.63, 3.8) is 0 Å². The molecule has 0 heterocycles. The van der Waals surface area contributed by atoms with Crippen LogP contribution in [0.1, 0.15) is 40.2 Å². The summed E-state index contributed by atoms with van der Waals surface area (Å²) in [5, 5.41) is 9.48. The Morgan fingerprint density at radius 2 is 1.59 bits per heavy atom. The van der Waals surface area contributed by atoms with Crippen molar-refractivity contribution in [2.45, 2.75) is 41.0 Å². The first-order chi connectivity index (χ1) is 7.91. The second-order valence-electron chi connectivity index (χ2n) is 5.92. The summed E-state index contributed by atoms with van der Waals surface area (Å²) in [6.07, 6.45) is 1.05. The molecule has 1 atom stereocenters. The predicted molar refractivity (Wildman–Crippen MR) is 74.1 cm³/mol. The average molecular weight is 234 g/mol. The molecule has 1 nitrogen and oxygen atoms in total. The molecule has 1 heteroatoms. The minimum absolute atomic E-state index is 0.375. The molecule has 1 aromatic carbocycles. The molecule has 0 radical (unpaired) electrons. The number of aromatic hydroxyl groups is 1. The van der Waals surface area contributed by atoms with Crippen molar-refractivity contribution in [2.75, 3.05) is 0 Å². The molecule has 0 fully saturated rings. The Labute approximate surface area is 106 Å². The van der Waals surface area contributed by atoms with Crippen molar-refractivity contribution < 1.29 is 5.11 Å². The van der Waals surface area contributed by atoms with Crippen LogP contribution in [0.4, 0.5) is 0 Å². The zero-order chi connectivity index (χ0) is 13.0. The number of phenolic OH excluding ortho intramolecular Hbond substituents is 1. The first kappa shape index (κ1) is 14.1. The van der Waals surface area contributed by atoms with Crippen molar-refractivity contribution in [3.8, 4) is 5.75 Å². The van der Waals surface area contributed by atoms with Crippen molar-refractivity contribution in [2.24, 2.45) is 23.7 Å². The van der Waals surface area contributed by atoms with Gasteiger partial charge in [-0.3, -0.25) is 0 Å². The Kier molecular flexibility index (Phi) is 5.04. The van der Waals surface area contributed by atoms with Gasteiger partial charge in [-0.2, -0.15) is 0 Å². The van der Waals surface area contributed by atoms with Crippen molar-refractivity contribution in [1.29, 1.82) is 0 Å². The van der Waals surface area contributed by atoms with E-state index in [-0.39, 0.29) is 0 Å². The van der Waals surface area contributed by atoms with Crippen LogP contribution in [0.5, 0.6) is 5.75 Å². The lowest BCUT2D eigenvalue weighted by Gasteiger charge is -2.31. The normalized spacial score (nSPS) is 13.6. The van der Waals surface area contributed by atoms with Crippen LogP contribution in [0, 0.1) is 23.7 Å².